The van der Waals surface area contributed by atoms with Gasteiger partial charge in [0.1, 0.15) is 23.2 Å². The third kappa shape index (κ3) is 11.4. The molecule has 14 heteroatoms. The molecule has 3 aliphatic rings. The zero-order valence-electron chi connectivity index (χ0n) is 32.0. The number of hydrogen-bond donors (Lipinski definition) is 5. The number of nitrogens with zero attached hydrogens (tertiary/aromatic N) is 2. The molecule has 1 aromatic rings. The highest BCUT2D eigenvalue weighted by molar-refractivity contribution is 5.97. The molecule has 0 bridgehead atoms. The summed E-state index contributed by atoms with van der Waals surface area (Å²) < 4.78 is 10.9. The number of carbonyl (C=O) groups is 5. The average Bonchev–Trinajstić information content (AvgIpc) is 3.80. The van der Waals surface area contributed by atoms with Gasteiger partial charge in [0.15, 0.2) is 6.10 Å². The first-order chi connectivity index (χ1) is 24.6. The Morgan fingerprint density at radius 1 is 0.942 bits per heavy atom. The van der Waals surface area contributed by atoms with Crippen LogP contribution in [0.25, 0.3) is 0 Å². The predicted octanol–water partition coefficient (Wildman–Crippen LogP) is 4.06. The van der Waals surface area contributed by atoms with Crippen LogP contribution in [0, 0.1) is 11.8 Å². The van der Waals surface area contributed by atoms with Crippen LogP contribution in [0.5, 0.6) is 0 Å². The molecule has 1 saturated heterocycles. The molecule has 52 heavy (non-hydrogen) atoms. The van der Waals surface area contributed by atoms with Crippen LogP contribution in [0.15, 0.2) is 12.5 Å². The number of nitrogens with one attached hydrogen (secondary N) is 4. The summed E-state index contributed by atoms with van der Waals surface area (Å²) in [5.41, 5.74) is -1.55. The van der Waals surface area contributed by atoms with Gasteiger partial charge in [-0.15, -0.1) is 0 Å². The van der Waals surface area contributed by atoms with Crippen LogP contribution in [0.2, 0.25) is 0 Å². The Morgan fingerprint density at radius 3 is 2.19 bits per heavy atom. The molecule has 292 valence electrons. The molecule has 1 aromatic heterocycles. The summed E-state index contributed by atoms with van der Waals surface area (Å²) in [5.74, 6) is -2.38. The first-order valence-corrected chi connectivity index (χ1v) is 19.4. The molecule has 3 fully saturated rings. The lowest BCUT2D eigenvalue weighted by atomic mass is 9.74. The van der Waals surface area contributed by atoms with E-state index in [1.807, 2.05) is 0 Å². The van der Waals surface area contributed by atoms with Crippen LogP contribution in [-0.2, 0) is 35.1 Å². The summed E-state index contributed by atoms with van der Waals surface area (Å²) in [7, 11) is 0. The van der Waals surface area contributed by atoms with Crippen molar-refractivity contribution in [2.45, 2.75) is 173 Å². The molecule has 0 unspecified atom stereocenters. The molecule has 1 aliphatic heterocycles. The third-order valence-electron chi connectivity index (χ3n) is 10.7. The molecule has 4 amide bonds. The SMILES string of the molecule is CC(C)OC(=O)[C@H](O)[C@H](CC1CCCCC1)NC(=O)[C@H](Cc1cnc[nH]1)NC(=O)[C@](C)(NC(=O)[C@@H]1CCCN1C(=O)OC(C)(C)C)C1CCCCC1. The Bertz CT molecular complexity index is 1350. The summed E-state index contributed by atoms with van der Waals surface area (Å²) >= 11 is 0. The zero-order valence-corrected chi connectivity index (χ0v) is 32.0. The van der Waals surface area contributed by atoms with Crippen molar-refractivity contribution in [3.05, 3.63) is 18.2 Å². The molecular weight excluding hydrogens is 668 g/mol. The van der Waals surface area contributed by atoms with E-state index in [0.717, 1.165) is 51.4 Å². The monoisotopic (exact) mass is 730 g/mol. The van der Waals surface area contributed by atoms with Gasteiger partial charge >= 0.3 is 12.1 Å². The van der Waals surface area contributed by atoms with Crippen LogP contribution in [0.1, 0.15) is 131 Å². The van der Waals surface area contributed by atoms with Crippen molar-refractivity contribution in [2.24, 2.45) is 11.8 Å². The fourth-order valence-corrected chi connectivity index (χ4v) is 7.87. The molecule has 0 radical (unpaired) electrons. The first-order valence-electron chi connectivity index (χ1n) is 19.4. The van der Waals surface area contributed by atoms with Crippen LogP contribution < -0.4 is 16.0 Å². The predicted molar refractivity (Wildman–Crippen MR) is 194 cm³/mol. The second kappa shape index (κ2) is 18.4. The lowest BCUT2D eigenvalue weighted by Crippen LogP contribution is -2.66. The molecule has 5 atom stereocenters. The number of ether oxygens (including phenoxy) is 2. The van der Waals surface area contributed by atoms with Gasteiger partial charge < -0.3 is 35.5 Å². The summed E-state index contributed by atoms with van der Waals surface area (Å²) in [4.78, 5) is 77.2. The van der Waals surface area contributed by atoms with E-state index in [0.29, 0.717) is 44.3 Å². The van der Waals surface area contributed by atoms with Crippen molar-refractivity contribution in [1.29, 1.82) is 0 Å². The van der Waals surface area contributed by atoms with Crippen molar-refractivity contribution >= 4 is 29.8 Å². The number of H-pyrrole nitrogens is 1. The number of likely N-dealkylation sites (tertiary alicyclic amines) is 1. The van der Waals surface area contributed by atoms with E-state index in [4.69, 9.17) is 9.47 Å². The number of amides is 4. The standard InChI is InChI=1S/C38H62N6O8/c1-24(2)51-34(48)31(45)28(20-25-14-9-7-10-15-25)41-32(46)29(21-27-22-39-23-40-27)42-35(49)38(6,26-16-11-8-12-17-26)43-33(47)30-18-13-19-44(30)36(50)52-37(3,4)5/h22-26,28-31,45H,7-21H2,1-6H3,(H,39,40)(H,41,46)(H,42,49)(H,43,47)/t28-,29-,30-,31+,38+/m0/s1. The lowest BCUT2D eigenvalue weighted by molar-refractivity contribution is -0.159. The third-order valence-corrected chi connectivity index (χ3v) is 10.7. The summed E-state index contributed by atoms with van der Waals surface area (Å²) in [6, 6.07) is -2.88. The zero-order chi connectivity index (χ0) is 38.1. The number of carbonyl (C=O) groups excluding carboxylic acids is 5. The molecule has 0 aromatic carbocycles. The molecule has 4 rings (SSSR count). The van der Waals surface area contributed by atoms with Crippen molar-refractivity contribution in [1.82, 2.24) is 30.8 Å². The fourth-order valence-electron chi connectivity index (χ4n) is 7.87. The first kappa shape index (κ1) is 41.1. The number of aromatic amines is 1. The number of rotatable bonds is 14. The van der Waals surface area contributed by atoms with Gasteiger partial charge in [0.05, 0.1) is 18.5 Å². The van der Waals surface area contributed by atoms with E-state index >= 15 is 0 Å². The van der Waals surface area contributed by atoms with Crippen LogP contribution in [-0.4, -0.2) is 97.8 Å². The molecule has 2 aliphatic carbocycles. The second-order valence-electron chi connectivity index (χ2n) is 16.5. The summed E-state index contributed by atoms with van der Waals surface area (Å²) in [6.07, 6.45) is 11.2. The van der Waals surface area contributed by atoms with Gasteiger partial charge in [-0.3, -0.25) is 19.3 Å². The number of aliphatic hydroxyl groups is 1. The van der Waals surface area contributed by atoms with E-state index < -0.39 is 71.3 Å². The van der Waals surface area contributed by atoms with Gasteiger partial charge in [0.2, 0.25) is 17.7 Å². The smallest absolute Gasteiger partial charge is 0.410 e. The summed E-state index contributed by atoms with van der Waals surface area (Å²) in [5, 5.41) is 20.1. The van der Waals surface area contributed by atoms with E-state index in [-0.39, 0.29) is 18.3 Å². The van der Waals surface area contributed by atoms with Crippen molar-refractivity contribution in [3.63, 3.8) is 0 Å². The maximum absolute atomic E-state index is 14.6. The number of imidazole rings is 1. The van der Waals surface area contributed by atoms with E-state index in [1.54, 1.807) is 47.7 Å². The van der Waals surface area contributed by atoms with E-state index in [9.17, 15) is 29.1 Å². The second-order valence-corrected chi connectivity index (χ2v) is 16.5. The highest BCUT2D eigenvalue weighted by Crippen LogP contribution is 2.34. The molecule has 14 nitrogen and oxygen atoms in total. The Labute approximate surface area is 308 Å². The largest absolute Gasteiger partial charge is 0.461 e. The lowest BCUT2D eigenvalue weighted by Gasteiger charge is -2.41. The van der Waals surface area contributed by atoms with Crippen molar-refractivity contribution < 1.29 is 38.6 Å². The number of aliphatic hydroxyl groups excluding tert-OH is 1. The molecule has 2 heterocycles. The Hall–Kier alpha value is -3.68. The minimum Gasteiger partial charge on any atom is -0.461 e. The van der Waals surface area contributed by atoms with Gasteiger partial charge in [0, 0.05) is 24.9 Å². The van der Waals surface area contributed by atoms with Crippen LogP contribution >= 0.6 is 0 Å². The van der Waals surface area contributed by atoms with Crippen molar-refractivity contribution in [3.8, 4) is 0 Å². The molecule has 2 saturated carbocycles. The summed E-state index contributed by atoms with van der Waals surface area (Å²) in [6.45, 7) is 10.8. The van der Waals surface area contributed by atoms with Crippen LogP contribution in [0.3, 0.4) is 0 Å². The topological polar surface area (TPSA) is 192 Å². The molecular formula is C38H62N6O8. The Kier molecular flexibility index (Phi) is 14.5. The quantitative estimate of drug-likeness (QED) is 0.176. The molecule has 0 spiro atoms. The van der Waals surface area contributed by atoms with E-state index in [1.165, 1.54) is 11.2 Å². The maximum atomic E-state index is 14.6. The van der Waals surface area contributed by atoms with Crippen LogP contribution in [0.4, 0.5) is 4.79 Å². The fraction of sp³-hybridized carbons (Fsp3) is 0.789. The molecule has 5 N–H and O–H groups in total. The van der Waals surface area contributed by atoms with Gasteiger partial charge in [-0.25, -0.2) is 14.6 Å². The van der Waals surface area contributed by atoms with Gasteiger partial charge in [-0.2, -0.15) is 0 Å². The number of hydrogen-bond acceptors (Lipinski definition) is 9. The number of aromatic nitrogens is 2. The van der Waals surface area contributed by atoms with E-state index in [2.05, 4.69) is 25.9 Å². The van der Waals surface area contributed by atoms with Gasteiger partial charge in [-0.05, 0) is 85.5 Å². The average molecular weight is 731 g/mol. The van der Waals surface area contributed by atoms with Crippen molar-refractivity contribution in [2.75, 3.05) is 6.54 Å². The highest BCUT2D eigenvalue weighted by atomic mass is 16.6. The van der Waals surface area contributed by atoms with Gasteiger partial charge in [0.25, 0.3) is 0 Å². The maximum Gasteiger partial charge on any atom is 0.410 e. The minimum atomic E-state index is -1.59. The normalized spacial score (nSPS) is 21.8. The minimum absolute atomic E-state index is 0.0456. The van der Waals surface area contributed by atoms with Gasteiger partial charge in [-0.1, -0.05) is 51.4 Å². The number of esters is 1. The Morgan fingerprint density at radius 2 is 1.60 bits per heavy atom. The Balaban J connectivity index is 1.58. The highest BCUT2D eigenvalue weighted by Gasteiger charge is 2.47.